The van der Waals surface area contributed by atoms with Crippen LogP contribution in [0.2, 0.25) is 0 Å². The zero-order chi connectivity index (χ0) is 25.1. The van der Waals surface area contributed by atoms with Gasteiger partial charge >= 0.3 is 0 Å². The number of carbonyl (C=O) groups is 2. The van der Waals surface area contributed by atoms with Crippen molar-refractivity contribution in [2.75, 3.05) is 0 Å². The maximum Gasteiger partial charge on any atom is 0.164 e. The van der Waals surface area contributed by atoms with Gasteiger partial charge in [-0.15, -0.1) is 0 Å². The van der Waals surface area contributed by atoms with Crippen molar-refractivity contribution in [1.82, 2.24) is 0 Å². The number of ketones is 2. The van der Waals surface area contributed by atoms with Gasteiger partial charge in [-0.05, 0) is 72.8 Å². The van der Waals surface area contributed by atoms with E-state index < -0.39 is 24.1 Å². The minimum Gasteiger partial charge on any atom is -0.379 e. The Labute approximate surface area is 208 Å². The number of hydrogen-bond acceptors (Lipinski definition) is 6. The quantitative estimate of drug-likeness (QED) is 0.631. The number of aliphatic hydroxyl groups is 2. The molecule has 0 bridgehead atoms. The topological polar surface area (TPSA) is 93.1 Å². The summed E-state index contributed by atoms with van der Waals surface area (Å²) in [4.78, 5) is 24.7. The summed E-state index contributed by atoms with van der Waals surface area (Å²) in [6.45, 7) is 9.72. The molecule has 192 valence electrons. The first kappa shape index (κ1) is 24.0. The first-order valence-corrected chi connectivity index (χ1v) is 13.6. The Hall–Kier alpha value is -1.34. The highest BCUT2D eigenvalue weighted by atomic mass is 16.7. The van der Waals surface area contributed by atoms with Crippen LogP contribution < -0.4 is 0 Å². The van der Waals surface area contributed by atoms with Crippen LogP contribution in [0.4, 0.5) is 0 Å². The molecule has 0 radical (unpaired) electrons. The largest absolute Gasteiger partial charge is 0.379 e. The maximum absolute atomic E-state index is 12.5. The number of aliphatic hydroxyl groups excluding tert-OH is 1. The molecule has 0 amide bonds. The summed E-state index contributed by atoms with van der Waals surface area (Å²) in [6.07, 6.45) is 6.14. The highest BCUT2D eigenvalue weighted by Gasteiger charge is 2.68. The monoisotopic (exact) mass is 484 g/mol. The van der Waals surface area contributed by atoms with Crippen LogP contribution >= 0.6 is 0 Å². The van der Waals surface area contributed by atoms with E-state index in [9.17, 15) is 19.8 Å². The Morgan fingerprint density at radius 3 is 2.54 bits per heavy atom. The second-order valence-electron chi connectivity index (χ2n) is 13.0. The molecule has 6 nitrogen and oxygen atoms in total. The Balaban J connectivity index is 1.36. The number of Topliss-reactive ketones (excluding diaryl/α,β-unsaturated/α-hetero) is 2. The average molecular weight is 485 g/mol. The number of allylic oxidation sites excluding steroid dienone is 3. The first-order valence-electron chi connectivity index (χ1n) is 13.6. The average Bonchev–Trinajstić information content (AvgIpc) is 3.41. The molecule has 2 saturated heterocycles. The number of carbonyl (C=O) groups excluding carboxylic acids is 2. The van der Waals surface area contributed by atoms with Gasteiger partial charge in [-0.1, -0.05) is 39.3 Å². The fourth-order valence-corrected chi connectivity index (χ4v) is 9.17. The van der Waals surface area contributed by atoms with Crippen molar-refractivity contribution >= 4 is 11.6 Å². The van der Waals surface area contributed by atoms with Crippen molar-refractivity contribution in [2.45, 2.75) is 110 Å². The van der Waals surface area contributed by atoms with Gasteiger partial charge in [0.05, 0.1) is 12.2 Å². The number of rotatable bonds is 3. The van der Waals surface area contributed by atoms with E-state index >= 15 is 0 Å². The third-order valence-electron chi connectivity index (χ3n) is 11.3. The lowest BCUT2D eigenvalue weighted by Gasteiger charge is -2.52. The standard InChI is InChI=1S/C29H40O6/c1-14(2)29(33,15(3)30)25-24-22(26(32)35-25)23-21(34-24)13-20-18-7-6-16-12-17(31)8-10-27(16,4)19(18)9-11-28(20,23)5/h13-14,16,21-26,32-33H,6-12H2,1-5H3. The van der Waals surface area contributed by atoms with Gasteiger partial charge in [0.1, 0.15) is 11.9 Å². The number of hydrogen-bond donors (Lipinski definition) is 2. The van der Waals surface area contributed by atoms with Gasteiger partial charge in [-0.25, -0.2) is 0 Å². The Morgan fingerprint density at radius 2 is 1.86 bits per heavy atom. The van der Waals surface area contributed by atoms with Crippen molar-refractivity contribution in [2.24, 2.45) is 34.5 Å². The van der Waals surface area contributed by atoms with Crippen molar-refractivity contribution in [1.29, 1.82) is 0 Å². The van der Waals surface area contributed by atoms with Gasteiger partial charge in [0.2, 0.25) is 0 Å². The number of fused-ring (bicyclic) bond motifs is 8. The highest BCUT2D eigenvalue weighted by Crippen LogP contribution is 2.67. The van der Waals surface area contributed by atoms with Crippen LogP contribution in [0.3, 0.4) is 0 Å². The molecule has 0 aromatic carbocycles. The zero-order valence-electron chi connectivity index (χ0n) is 21.7. The molecule has 2 N–H and O–H groups in total. The summed E-state index contributed by atoms with van der Waals surface area (Å²) in [7, 11) is 0. The predicted molar refractivity (Wildman–Crippen MR) is 129 cm³/mol. The predicted octanol–water partition coefficient (Wildman–Crippen LogP) is 3.89. The summed E-state index contributed by atoms with van der Waals surface area (Å²) in [5.41, 5.74) is 2.70. The smallest absolute Gasteiger partial charge is 0.164 e. The van der Waals surface area contributed by atoms with Crippen LogP contribution in [0.25, 0.3) is 0 Å². The summed E-state index contributed by atoms with van der Waals surface area (Å²) >= 11 is 0. The molecule has 0 spiro atoms. The normalized spacial score (nSPS) is 48.1. The Bertz CT molecular complexity index is 1040. The molecule has 10 atom stereocenters. The van der Waals surface area contributed by atoms with Crippen LogP contribution in [0.1, 0.15) is 79.6 Å². The molecular weight excluding hydrogens is 444 g/mol. The van der Waals surface area contributed by atoms with E-state index in [4.69, 9.17) is 9.47 Å². The summed E-state index contributed by atoms with van der Waals surface area (Å²) in [5.74, 6) is -0.0598. The number of ether oxygens (including phenoxy) is 2. The van der Waals surface area contributed by atoms with Crippen molar-refractivity contribution in [3.05, 3.63) is 22.8 Å². The maximum atomic E-state index is 12.5. The molecule has 0 aromatic heterocycles. The Kier molecular flexibility index (Phi) is 5.21. The van der Waals surface area contributed by atoms with Gasteiger partial charge in [-0.3, -0.25) is 9.59 Å². The van der Waals surface area contributed by atoms with E-state index in [1.54, 1.807) is 5.57 Å². The lowest BCUT2D eigenvalue weighted by atomic mass is 9.51. The van der Waals surface area contributed by atoms with Gasteiger partial charge in [0.15, 0.2) is 17.7 Å². The third kappa shape index (κ3) is 2.97. The molecular formula is C29H40O6. The van der Waals surface area contributed by atoms with Crippen LogP contribution in [0, 0.1) is 34.5 Å². The highest BCUT2D eigenvalue weighted by molar-refractivity contribution is 5.86. The zero-order valence-corrected chi connectivity index (χ0v) is 21.7. The molecule has 6 aliphatic rings. The molecule has 0 aromatic rings. The first-order chi connectivity index (χ1) is 16.4. The molecule has 6 heteroatoms. The fourth-order valence-electron chi connectivity index (χ4n) is 9.17. The van der Waals surface area contributed by atoms with Crippen LogP contribution in [-0.4, -0.2) is 52.0 Å². The third-order valence-corrected chi connectivity index (χ3v) is 11.3. The molecule has 2 heterocycles. The molecule has 3 fully saturated rings. The SMILES string of the molecule is CC(=O)C(O)(C(C)C)C1OC(O)C2C1OC1C=C3C4=C(CCC3(C)C12)C1(C)CCC(=O)CC1CC4. The van der Waals surface area contributed by atoms with E-state index in [1.165, 1.54) is 18.1 Å². The van der Waals surface area contributed by atoms with E-state index in [1.807, 2.05) is 13.8 Å². The second-order valence-corrected chi connectivity index (χ2v) is 13.0. The van der Waals surface area contributed by atoms with E-state index in [0.29, 0.717) is 18.1 Å². The molecule has 4 aliphatic carbocycles. The lowest BCUT2D eigenvalue weighted by molar-refractivity contribution is -0.201. The van der Waals surface area contributed by atoms with Gasteiger partial charge < -0.3 is 19.7 Å². The lowest BCUT2D eigenvalue weighted by Crippen LogP contribution is -2.57. The van der Waals surface area contributed by atoms with Crippen molar-refractivity contribution in [3.8, 4) is 0 Å². The molecule has 35 heavy (non-hydrogen) atoms. The molecule has 6 rings (SSSR count). The van der Waals surface area contributed by atoms with Crippen molar-refractivity contribution < 1.29 is 29.3 Å². The van der Waals surface area contributed by atoms with Gasteiger partial charge in [0.25, 0.3) is 0 Å². The van der Waals surface area contributed by atoms with E-state index in [0.717, 1.165) is 38.5 Å². The molecule has 1 saturated carbocycles. The summed E-state index contributed by atoms with van der Waals surface area (Å²) < 4.78 is 12.5. The minimum atomic E-state index is -1.69. The van der Waals surface area contributed by atoms with Gasteiger partial charge in [0, 0.05) is 24.7 Å². The van der Waals surface area contributed by atoms with Crippen molar-refractivity contribution in [3.63, 3.8) is 0 Å². The van der Waals surface area contributed by atoms with E-state index in [2.05, 4.69) is 19.9 Å². The molecule has 10 unspecified atom stereocenters. The fraction of sp³-hybridized carbons (Fsp3) is 0.793. The second kappa shape index (κ2) is 7.59. The van der Waals surface area contributed by atoms with Crippen LogP contribution in [0.15, 0.2) is 22.8 Å². The Morgan fingerprint density at radius 1 is 1.14 bits per heavy atom. The van der Waals surface area contributed by atoms with Gasteiger partial charge in [-0.2, -0.15) is 0 Å². The summed E-state index contributed by atoms with van der Waals surface area (Å²) in [5, 5.41) is 22.5. The van der Waals surface area contributed by atoms with E-state index in [-0.39, 0.29) is 40.5 Å². The van der Waals surface area contributed by atoms with Crippen LogP contribution in [-0.2, 0) is 19.1 Å². The molecule has 2 aliphatic heterocycles. The minimum absolute atomic E-state index is 0.0541. The summed E-state index contributed by atoms with van der Waals surface area (Å²) in [6, 6.07) is 0. The van der Waals surface area contributed by atoms with Crippen LogP contribution in [0.5, 0.6) is 0 Å².